The number of hydrazone groups is 1. The Morgan fingerprint density at radius 3 is 2.60 bits per heavy atom. The number of nitrogen functional groups attached to an aromatic ring is 1. The molecule has 0 atom stereocenters. The summed E-state index contributed by atoms with van der Waals surface area (Å²) in [6, 6.07) is 11.7. The molecule has 0 bridgehead atoms. The van der Waals surface area contributed by atoms with Gasteiger partial charge in [-0.1, -0.05) is 0 Å². The van der Waals surface area contributed by atoms with Crippen molar-refractivity contribution >= 4 is 23.7 Å². The summed E-state index contributed by atoms with van der Waals surface area (Å²) in [5.74, 6) is 0.455. The second kappa shape index (κ2) is 10.3. The van der Waals surface area contributed by atoms with Crippen LogP contribution in [0.25, 0.3) is 0 Å². The molecule has 1 fully saturated rings. The molecule has 1 saturated heterocycles. The van der Waals surface area contributed by atoms with Gasteiger partial charge in [0.05, 0.1) is 26.5 Å². The zero-order chi connectivity index (χ0) is 21.3. The number of methoxy groups -OCH3 is 1. The van der Waals surface area contributed by atoms with Gasteiger partial charge >= 0.3 is 0 Å². The molecule has 1 heterocycles. The molecule has 0 unspecified atom stereocenters. The SMILES string of the molecule is COc1cc(/C=N/NC(=O)c2ccc(N)cc2)ccc1OCC(=O)N1CCOCC1. The van der Waals surface area contributed by atoms with E-state index in [0.717, 1.165) is 0 Å². The van der Waals surface area contributed by atoms with Gasteiger partial charge in [0, 0.05) is 24.3 Å². The predicted octanol–water partition coefficient (Wildman–Crippen LogP) is 1.28. The molecule has 158 valence electrons. The summed E-state index contributed by atoms with van der Waals surface area (Å²) in [4.78, 5) is 26.0. The third-order valence-corrected chi connectivity index (χ3v) is 4.46. The number of benzene rings is 2. The monoisotopic (exact) mass is 412 g/mol. The van der Waals surface area contributed by atoms with E-state index < -0.39 is 0 Å². The minimum absolute atomic E-state index is 0.0819. The van der Waals surface area contributed by atoms with E-state index in [-0.39, 0.29) is 18.4 Å². The van der Waals surface area contributed by atoms with E-state index in [0.29, 0.717) is 54.6 Å². The zero-order valence-electron chi connectivity index (χ0n) is 16.7. The normalized spacial score (nSPS) is 13.8. The third kappa shape index (κ3) is 5.71. The van der Waals surface area contributed by atoms with Crippen LogP contribution in [0.15, 0.2) is 47.6 Å². The van der Waals surface area contributed by atoms with Crippen LogP contribution in [0.4, 0.5) is 5.69 Å². The summed E-state index contributed by atoms with van der Waals surface area (Å²) in [5, 5.41) is 3.96. The topological polar surface area (TPSA) is 115 Å². The molecule has 3 rings (SSSR count). The molecule has 3 N–H and O–H groups in total. The van der Waals surface area contributed by atoms with Crippen molar-refractivity contribution in [3.8, 4) is 11.5 Å². The fourth-order valence-corrected chi connectivity index (χ4v) is 2.79. The Bertz CT molecular complexity index is 908. The van der Waals surface area contributed by atoms with Gasteiger partial charge < -0.3 is 24.8 Å². The first-order valence-electron chi connectivity index (χ1n) is 9.42. The molecule has 9 nitrogen and oxygen atoms in total. The molecule has 0 spiro atoms. The molecular formula is C21H24N4O5. The smallest absolute Gasteiger partial charge is 0.271 e. The Kier molecular flexibility index (Phi) is 7.23. The van der Waals surface area contributed by atoms with Gasteiger partial charge in [-0.2, -0.15) is 5.10 Å². The molecule has 0 radical (unpaired) electrons. The number of rotatable bonds is 7. The highest BCUT2D eigenvalue weighted by Crippen LogP contribution is 2.27. The van der Waals surface area contributed by atoms with Crippen LogP contribution in [0.5, 0.6) is 11.5 Å². The highest BCUT2D eigenvalue weighted by Gasteiger charge is 2.18. The first kappa shape index (κ1) is 21.1. The van der Waals surface area contributed by atoms with E-state index in [1.54, 1.807) is 47.4 Å². The molecule has 0 aliphatic carbocycles. The van der Waals surface area contributed by atoms with Gasteiger partial charge in [0.1, 0.15) is 0 Å². The molecule has 30 heavy (non-hydrogen) atoms. The number of anilines is 1. The number of nitrogens with zero attached hydrogens (tertiary/aromatic N) is 2. The number of hydrogen-bond acceptors (Lipinski definition) is 7. The first-order chi connectivity index (χ1) is 14.6. The predicted molar refractivity (Wildman–Crippen MR) is 112 cm³/mol. The molecule has 9 heteroatoms. The Morgan fingerprint density at radius 1 is 1.17 bits per heavy atom. The molecule has 2 aromatic rings. The summed E-state index contributed by atoms with van der Waals surface area (Å²) in [6.45, 7) is 2.13. The standard InChI is InChI=1S/C21H24N4O5/c1-28-19-12-15(13-23-24-21(27)16-3-5-17(22)6-4-16)2-7-18(19)30-14-20(26)25-8-10-29-11-9-25/h2-7,12-13H,8-11,14,22H2,1H3,(H,24,27)/b23-13+. The maximum absolute atomic E-state index is 12.2. The average molecular weight is 412 g/mol. The summed E-state index contributed by atoms with van der Waals surface area (Å²) < 4.78 is 16.2. The third-order valence-electron chi connectivity index (χ3n) is 4.46. The molecule has 1 aliphatic heterocycles. The van der Waals surface area contributed by atoms with Crippen LogP contribution >= 0.6 is 0 Å². The molecule has 2 amide bonds. The Balaban J connectivity index is 1.56. The summed E-state index contributed by atoms with van der Waals surface area (Å²) in [6.07, 6.45) is 1.49. The van der Waals surface area contributed by atoms with E-state index in [9.17, 15) is 9.59 Å². The zero-order valence-corrected chi connectivity index (χ0v) is 16.7. The van der Waals surface area contributed by atoms with Crippen LogP contribution in [0, 0.1) is 0 Å². The number of carbonyl (C=O) groups excluding carboxylic acids is 2. The number of nitrogens with two attached hydrogens (primary N) is 1. The maximum Gasteiger partial charge on any atom is 0.271 e. The van der Waals surface area contributed by atoms with Crippen molar-refractivity contribution in [1.82, 2.24) is 10.3 Å². The van der Waals surface area contributed by atoms with Crippen LogP contribution < -0.4 is 20.6 Å². The minimum atomic E-state index is -0.347. The Labute approximate surface area is 174 Å². The number of morpholine rings is 1. The van der Waals surface area contributed by atoms with E-state index in [1.165, 1.54) is 13.3 Å². The van der Waals surface area contributed by atoms with E-state index in [2.05, 4.69) is 10.5 Å². The highest BCUT2D eigenvalue weighted by molar-refractivity contribution is 5.95. The van der Waals surface area contributed by atoms with Crippen molar-refractivity contribution in [2.24, 2.45) is 5.10 Å². The lowest BCUT2D eigenvalue weighted by Gasteiger charge is -2.26. The van der Waals surface area contributed by atoms with Crippen molar-refractivity contribution in [1.29, 1.82) is 0 Å². The average Bonchev–Trinajstić information content (AvgIpc) is 2.78. The van der Waals surface area contributed by atoms with Gasteiger partial charge in [-0.25, -0.2) is 5.43 Å². The second-order valence-electron chi connectivity index (χ2n) is 6.51. The van der Waals surface area contributed by atoms with E-state index >= 15 is 0 Å². The second-order valence-corrected chi connectivity index (χ2v) is 6.51. The van der Waals surface area contributed by atoms with Crippen LogP contribution in [-0.2, 0) is 9.53 Å². The quantitative estimate of drug-likeness (QED) is 0.402. The van der Waals surface area contributed by atoms with Crippen molar-refractivity contribution in [2.45, 2.75) is 0 Å². The van der Waals surface area contributed by atoms with Crippen LogP contribution in [0.2, 0.25) is 0 Å². The van der Waals surface area contributed by atoms with Crippen molar-refractivity contribution in [3.05, 3.63) is 53.6 Å². The van der Waals surface area contributed by atoms with Crippen LogP contribution in [0.1, 0.15) is 15.9 Å². The number of amides is 2. The Hall–Kier alpha value is -3.59. The van der Waals surface area contributed by atoms with E-state index in [4.69, 9.17) is 19.9 Å². The van der Waals surface area contributed by atoms with Crippen LogP contribution in [0.3, 0.4) is 0 Å². The molecule has 0 aromatic heterocycles. The largest absolute Gasteiger partial charge is 0.493 e. The van der Waals surface area contributed by atoms with Crippen molar-refractivity contribution < 1.29 is 23.8 Å². The molecule has 0 saturated carbocycles. The van der Waals surface area contributed by atoms with Gasteiger partial charge in [-0.3, -0.25) is 9.59 Å². The van der Waals surface area contributed by atoms with Gasteiger partial charge in [-0.15, -0.1) is 0 Å². The Morgan fingerprint density at radius 2 is 1.90 bits per heavy atom. The first-order valence-corrected chi connectivity index (χ1v) is 9.42. The lowest BCUT2D eigenvalue weighted by Crippen LogP contribution is -2.43. The van der Waals surface area contributed by atoms with Gasteiger partial charge in [0.25, 0.3) is 11.8 Å². The number of hydrogen-bond donors (Lipinski definition) is 2. The highest BCUT2D eigenvalue weighted by atomic mass is 16.5. The summed E-state index contributed by atoms with van der Waals surface area (Å²) in [7, 11) is 1.51. The fraction of sp³-hybridized carbons (Fsp3) is 0.286. The van der Waals surface area contributed by atoms with Crippen molar-refractivity contribution in [2.75, 3.05) is 45.8 Å². The van der Waals surface area contributed by atoms with Gasteiger partial charge in [-0.05, 0) is 48.0 Å². The minimum Gasteiger partial charge on any atom is -0.493 e. The molecule has 1 aliphatic rings. The summed E-state index contributed by atoms with van der Waals surface area (Å²) in [5.41, 5.74) is 9.78. The van der Waals surface area contributed by atoms with Gasteiger partial charge in [0.2, 0.25) is 0 Å². The lowest BCUT2D eigenvalue weighted by atomic mass is 10.2. The molecule has 2 aromatic carbocycles. The lowest BCUT2D eigenvalue weighted by molar-refractivity contribution is -0.137. The maximum atomic E-state index is 12.2. The number of carbonyl (C=O) groups is 2. The fourth-order valence-electron chi connectivity index (χ4n) is 2.79. The number of ether oxygens (including phenoxy) is 3. The molecular weight excluding hydrogens is 388 g/mol. The van der Waals surface area contributed by atoms with Gasteiger partial charge in [0.15, 0.2) is 18.1 Å². The van der Waals surface area contributed by atoms with E-state index in [1.807, 2.05) is 0 Å². The number of nitrogens with one attached hydrogen (secondary N) is 1. The van der Waals surface area contributed by atoms with Crippen molar-refractivity contribution in [3.63, 3.8) is 0 Å². The summed E-state index contributed by atoms with van der Waals surface area (Å²) >= 11 is 0. The van der Waals surface area contributed by atoms with Crippen LogP contribution in [-0.4, -0.2) is 62.9 Å².